The number of aliphatic hydroxyl groups is 1. The minimum absolute atomic E-state index is 0.120. The highest BCUT2D eigenvalue weighted by molar-refractivity contribution is 7.54. The Balaban J connectivity index is 2.82. The molecule has 11 heteroatoms. The van der Waals surface area contributed by atoms with Crippen LogP contribution in [0.25, 0.3) is 0 Å². The van der Waals surface area contributed by atoms with Gasteiger partial charge in [0.15, 0.2) is 0 Å². The van der Waals surface area contributed by atoms with E-state index in [1.807, 2.05) is 109 Å². The summed E-state index contributed by atoms with van der Waals surface area (Å²) < 4.78 is 32.2. The summed E-state index contributed by atoms with van der Waals surface area (Å²) in [7, 11) is -3.81. The van der Waals surface area contributed by atoms with Gasteiger partial charge >= 0.3 is 19.5 Å². The molecule has 4 atom stereocenters. The van der Waals surface area contributed by atoms with Crippen LogP contribution in [0.2, 0.25) is 0 Å². The first-order valence-electron chi connectivity index (χ1n) is 17.6. The molecule has 2 aromatic rings. The zero-order valence-electron chi connectivity index (χ0n) is 32.1. The first kappa shape index (κ1) is 43.6. The Bertz CT molecular complexity index is 1380. The van der Waals surface area contributed by atoms with Gasteiger partial charge in [-0.3, -0.25) is 19.0 Å². The lowest BCUT2D eigenvalue weighted by Crippen LogP contribution is -2.54. The number of aliphatic hydroxyl groups excluding tert-OH is 1. The first-order valence-corrected chi connectivity index (χ1v) is 19.2. The number of ether oxygens (including phenoxy) is 1. The number of rotatable bonds is 20. The number of esters is 1. The number of nitrogens with zero attached hydrogens (tertiary/aromatic N) is 1. The van der Waals surface area contributed by atoms with E-state index in [9.17, 15) is 24.4 Å². The normalized spacial score (nSPS) is 16.0. The Hall–Kier alpha value is -2.59. The number of benzene rings is 2. The van der Waals surface area contributed by atoms with Gasteiger partial charge in [-0.15, -0.1) is 0 Å². The molecular weight excluding hydrogens is 657 g/mol. The predicted octanol–water partition coefficient (Wildman–Crippen LogP) is 9.00. The number of hydrogen-bond acceptors (Lipinski definition) is 9. The molecule has 0 spiro atoms. The lowest BCUT2D eigenvalue weighted by Gasteiger charge is -2.49. The van der Waals surface area contributed by atoms with Crippen molar-refractivity contribution in [1.29, 1.82) is 0 Å². The van der Waals surface area contributed by atoms with E-state index < -0.39 is 53.2 Å². The van der Waals surface area contributed by atoms with Crippen molar-refractivity contribution in [3.05, 3.63) is 71.8 Å². The third-order valence-electron chi connectivity index (χ3n) is 8.74. The fraction of sp³-hybridized carbons (Fsp3) is 0.641. The molecule has 0 fully saturated rings. The molecule has 0 radical (unpaired) electrons. The zero-order valence-corrected chi connectivity index (χ0v) is 33.0. The van der Waals surface area contributed by atoms with Crippen molar-refractivity contribution in [2.45, 2.75) is 119 Å². The summed E-state index contributed by atoms with van der Waals surface area (Å²) in [5, 5.41) is 21.4. The number of carbonyl (C=O) groups excluding carboxylic acids is 1. The van der Waals surface area contributed by atoms with Crippen molar-refractivity contribution >= 4 is 19.5 Å². The topological polar surface area (TPSA) is 132 Å². The summed E-state index contributed by atoms with van der Waals surface area (Å²) in [6.45, 7) is 20.3. The van der Waals surface area contributed by atoms with Crippen LogP contribution in [0.5, 0.6) is 0 Å². The number of aliphatic carboxylic acids is 1. The van der Waals surface area contributed by atoms with Crippen molar-refractivity contribution in [3.8, 4) is 0 Å². The number of carbonyl (C=O) groups is 2. The first-order chi connectivity index (χ1) is 23.1. The average molecular weight is 720 g/mol. The molecule has 0 aliphatic heterocycles. The minimum atomic E-state index is -3.81. The SMILES string of the molecule is CCOP(=O)(OCC)C(N(OC(CC(C)(CC(CC(C)(C)C(=O)O)c1ccccc1)C(=O)OCCO)c1ccccc1)C(C)(C)C)C(C)(C)C. The molecule has 282 valence electrons. The molecule has 10 nitrogen and oxygen atoms in total. The van der Waals surface area contributed by atoms with Crippen LogP contribution in [0, 0.1) is 16.2 Å². The Labute approximate surface area is 300 Å². The van der Waals surface area contributed by atoms with E-state index >= 15 is 0 Å². The summed E-state index contributed by atoms with van der Waals surface area (Å²) >= 11 is 0. The molecule has 4 unspecified atom stereocenters. The molecule has 2 aromatic carbocycles. The quantitative estimate of drug-likeness (QED) is 0.0776. The molecule has 0 aliphatic rings. The molecule has 0 bridgehead atoms. The van der Waals surface area contributed by atoms with Crippen LogP contribution in [-0.4, -0.2) is 65.0 Å². The van der Waals surface area contributed by atoms with Crippen LogP contribution in [0.1, 0.15) is 119 Å². The highest BCUT2D eigenvalue weighted by Gasteiger charge is 2.53. The van der Waals surface area contributed by atoms with Crippen LogP contribution in [0.3, 0.4) is 0 Å². The van der Waals surface area contributed by atoms with Crippen LogP contribution in [0.4, 0.5) is 0 Å². The van der Waals surface area contributed by atoms with Gasteiger partial charge in [0.25, 0.3) is 0 Å². The van der Waals surface area contributed by atoms with E-state index in [1.165, 1.54) is 0 Å². The van der Waals surface area contributed by atoms with Crippen LogP contribution >= 0.6 is 7.60 Å². The second kappa shape index (κ2) is 18.3. The largest absolute Gasteiger partial charge is 0.481 e. The molecule has 0 saturated heterocycles. The average Bonchev–Trinajstić information content (AvgIpc) is 3.02. The Morgan fingerprint density at radius 3 is 1.70 bits per heavy atom. The highest BCUT2D eigenvalue weighted by atomic mass is 31.2. The molecule has 0 saturated carbocycles. The van der Waals surface area contributed by atoms with Gasteiger partial charge < -0.3 is 24.0 Å². The molecule has 0 amide bonds. The summed E-state index contributed by atoms with van der Waals surface area (Å²) in [5.74, 6) is -2.66. The lowest BCUT2D eigenvalue weighted by molar-refractivity contribution is -0.274. The standard InChI is InChI=1S/C39H62NO9P/c1-12-47-50(45,48-13-2)33(36(3,4)5)40(37(6,7)8)49-32(30-22-18-15-19-23-30)28-39(11,35(44)46-25-24-41)27-31(26-38(9,10)34(42)43)29-20-16-14-17-21-29/h14-23,31-33,41H,12-13,24-28H2,1-11H3,(H,42,43). The second-order valence-electron chi connectivity index (χ2n) is 15.9. The minimum Gasteiger partial charge on any atom is -0.481 e. The molecule has 2 N–H and O–H groups in total. The Morgan fingerprint density at radius 1 is 0.780 bits per heavy atom. The molecule has 0 heterocycles. The maximum absolute atomic E-state index is 14.7. The molecule has 0 aromatic heterocycles. The Kier molecular flexibility index (Phi) is 15.9. The van der Waals surface area contributed by atoms with Gasteiger partial charge in [0.1, 0.15) is 18.5 Å². The Morgan fingerprint density at radius 2 is 1.28 bits per heavy atom. The zero-order chi connectivity index (χ0) is 38.0. The number of carboxylic acid groups (broad SMARTS) is 1. The summed E-state index contributed by atoms with van der Waals surface area (Å²) in [5.41, 5.74) is -2.01. The van der Waals surface area contributed by atoms with Gasteiger partial charge in [-0.1, -0.05) is 81.4 Å². The van der Waals surface area contributed by atoms with E-state index in [-0.39, 0.29) is 51.6 Å². The fourth-order valence-corrected chi connectivity index (χ4v) is 9.03. The van der Waals surface area contributed by atoms with Crippen molar-refractivity contribution < 1.29 is 43.0 Å². The van der Waals surface area contributed by atoms with Gasteiger partial charge in [-0.25, -0.2) is 0 Å². The monoisotopic (exact) mass is 719 g/mol. The molecular formula is C39H62NO9P. The summed E-state index contributed by atoms with van der Waals surface area (Å²) in [6, 6.07) is 19.1. The third-order valence-corrected chi connectivity index (χ3v) is 11.6. The highest BCUT2D eigenvalue weighted by Crippen LogP contribution is 2.61. The van der Waals surface area contributed by atoms with Gasteiger partial charge in [0, 0.05) is 5.54 Å². The summed E-state index contributed by atoms with van der Waals surface area (Å²) in [4.78, 5) is 33.6. The van der Waals surface area contributed by atoms with Crippen LogP contribution in [0.15, 0.2) is 60.7 Å². The van der Waals surface area contributed by atoms with E-state index in [0.29, 0.717) is 0 Å². The van der Waals surface area contributed by atoms with E-state index in [2.05, 4.69) is 0 Å². The van der Waals surface area contributed by atoms with Gasteiger partial charge in [0.05, 0.1) is 30.7 Å². The van der Waals surface area contributed by atoms with Gasteiger partial charge in [0.2, 0.25) is 0 Å². The van der Waals surface area contributed by atoms with Crippen molar-refractivity contribution in [2.24, 2.45) is 16.2 Å². The lowest BCUT2D eigenvalue weighted by atomic mass is 9.69. The van der Waals surface area contributed by atoms with Crippen molar-refractivity contribution in [3.63, 3.8) is 0 Å². The number of hydrogen-bond donors (Lipinski definition) is 2. The maximum Gasteiger partial charge on any atom is 0.350 e. The maximum atomic E-state index is 14.7. The third kappa shape index (κ3) is 12.0. The van der Waals surface area contributed by atoms with E-state index in [0.717, 1.165) is 11.1 Å². The van der Waals surface area contributed by atoms with Crippen LogP contribution < -0.4 is 0 Å². The number of hydroxylamine groups is 2. The van der Waals surface area contributed by atoms with Gasteiger partial charge in [-0.05, 0) is 97.1 Å². The van der Waals surface area contributed by atoms with Gasteiger partial charge in [-0.2, -0.15) is 5.06 Å². The summed E-state index contributed by atoms with van der Waals surface area (Å²) in [6.07, 6.45) is -0.139. The van der Waals surface area contributed by atoms with E-state index in [4.69, 9.17) is 18.6 Å². The van der Waals surface area contributed by atoms with Crippen molar-refractivity contribution in [2.75, 3.05) is 26.4 Å². The predicted molar refractivity (Wildman–Crippen MR) is 197 cm³/mol. The van der Waals surface area contributed by atoms with E-state index in [1.54, 1.807) is 32.8 Å². The number of carboxylic acids is 1. The smallest absolute Gasteiger partial charge is 0.350 e. The van der Waals surface area contributed by atoms with Crippen molar-refractivity contribution in [1.82, 2.24) is 5.06 Å². The second-order valence-corrected chi connectivity index (χ2v) is 18.0. The van der Waals surface area contributed by atoms with Crippen LogP contribution in [-0.2, 0) is 32.8 Å². The molecule has 2 rings (SSSR count). The molecule has 50 heavy (non-hydrogen) atoms. The molecule has 0 aliphatic carbocycles. The fourth-order valence-electron chi connectivity index (χ4n) is 6.35.